The first-order chi connectivity index (χ1) is 23.1. The van der Waals surface area contributed by atoms with E-state index in [-0.39, 0.29) is 18.8 Å². The number of nitrogens with one attached hydrogen (secondary N) is 1. The molecular formula is C38H48N2O7. The van der Waals surface area contributed by atoms with Crippen LogP contribution in [0.5, 0.6) is 17.2 Å². The van der Waals surface area contributed by atoms with Crippen molar-refractivity contribution in [3.05, 3.63) is 96.1 Å². The van der Waals surface area contributed by atoms with Crippen LogP contribution in [0.3, 0.4) is 0 Å². The fourth-order valence-electron chi connectivity index (χ4n) is 5.91. The number of hydrogen-bond donors (Lipinski definition) is 2. The highest BCUT2D eigenvalue weighted by Gasteiger charge is 2.29. The number of benzene rings is 4. The summed E-state index contributed by atoms with van der Waals surface area (Å²) in [6.45, 7) is 4.32. The monoisotopic (exact) mass is 644 g/mol. The van der Waals surface area contributed by atoms with Crippen LogP contribution >= 0.6 is 0 Å². The average molecular weight is 645 g/mol. The molecule has 0 aliphatic carbocycles. The minimum Gasteiger partial charge on any atom is -0.496 e. The maximum absolute atomic E-state index is 10.3. The summed E-state index contributed by atoms with van der Waals surface area (Å²) in [7, 11) is 5.19. The van der Waals surface area contributed by atoms with Gasteiger partial charge in [0.1, 0.15) is 17.2 Å². The smallest absolute Gasteiger partial charge is 0.127 e. The molecule has 1 unspecified atom stereocenters. The van der Waals surface area contributed by atoms with Crippen LogP contribution in [-0.4, -0.2) is 84.1 Å². The van der Waals surface area contributed by atoms with Gasteiger partial charge < -0.3 is 43.7 Å². The Morgan fingerprint density at radius 1 is 0.830 bits per heavy atom. The molecular weight excluding hydrogens is 596 g/mol. The van der Waals surface area contributed by atoms with Crippen LogP contribution in [0.25, 0.3) is 10.8 Å². The Morgan fingerprint density at radius 3 is 2.36 bits per heavy atom. The van der Waals surface area contributed by atoms with Gasteiger partial charge in [0, 0.05) is 49.1 Å². The third-order valence-electron chi connectivity index (χ3n) is 8.28. The number of aliphatic hydroxyl groups excluding tert-OH is 1. The van der Waals surface area contributed by atoms with Crippen LogP contribution in [0.15, 0.2) is 84.9 Å². The van der Waals surface area contributed by atoms with Crippen molar-refractivity contribution in [3.8, 4) is 17.2 Å². The van der Waals surface area contributed by atoms with E-state index in [0.29, 0.717) is 39.5 Å². The van der Waals surface area contributed by atoms with Gasteiger partial charge in [-0.15, -0.1) is 0 Å². The Kier molecular flexibility index (Phi) is 13.1. The summed E-state index contributed by atoms with van der Waals surface area (Å²) in [6, 6.07) is 28.5. The second-order valence-electron chi connectivity index (χ2n) is 11.8. The number of aliphatic hydroxyl groups is 1. The van der Waals surface area contributed by atoms with Crippen LogP contribution < -0.4 is 24.4 Å². The van der Waals surface area contributed by atoms with Crippen molar-refractivity contribution >= 4 is 16.5 Å². The Hall–Kier alpha value is -3.86. The molecule has 5 rings (SSSR count). The Labute approximate surface area is 278 Å². The highest BCUT2D eigenvalue weighted by atomic mass is 16.5. The lowest BCUT2D eigenvalue weighted by Gasteiger charge is -2.39. The molecule has 0 saturated carbocycles. The van der Waals surface area contributed by atoms with Gasteiger partial charge in [0.2, 0.25) is 0 Å². The molecule has 1 aliphatic heterocycles. The number of para-hydroxylation sites is 1. The van der Waals surface area contributed by atoms with E-state index in [1.165, 1.54) is 0 Å². The third kappa shape index (κ3) is 10.1. The maximum atomic E-state index is 10.3. The third-order valence-corrected chi connectivity index (χ3v) is 8.28. The van der Waals surface area contributed by atoms with Crippen LogP contribution in [-0.2, 0) is 27.4 Å². The van der Waals surface area contributed by atoms with E-state index >= 15 is 0 Å². The zero-order valence-corrected chi connectivity index (χ0v) is 27.7. The predicted octanol–water partition coefficient (Wildman–Crippen LogP) is 5.60. The number of methoxy groups -OCH3 is 2. The average Bonchev–Trinajstić information content (AvgIpc) is 3.11. The molecule has 1 heterocycles. The Bertz CT molecular complexity index is 1520. The maximum Gasteiger partial charge on any atom is 0.127 e. The summed E-state index contributed by atoms with van der Waals surface area (Å²) in [4.78, 5) is 2.29. The molecule has 0 aromatic heterocycles. The standard InChI is InChI=1S/C38H48N2O7/c1-39-22-32(41)27-47-35-21-34(46-25-28-19-29-9-4-6-11-36(29)38(20-28)43-3)23-40(24-35)31-13-15-33(16-14-31)45-18-8-17-44-26-30-10-5-7-12-37(30)42-2/h4-7,9-16,19-20,32,34-35,39,41H,8,17-18,21-27H2,1-3H3/t32?,34-,35+/m1/s1. The number of hydrogen-bond acceptors (Lipinski definition) is 9. The van der Waals surface area contributed by atoms with Crippen LogP contribution in [0.2, 0.25) is 0 Å². The largest absolute Gasteiger partial charge is 0.496 e. The first-order valence-electron chi connectivity index (χ1n) is 16.3. The number of fused-ring (bicyclic) bond motifs is 1. The minimum atomic E-state index is -0.567. The molecule has 9 heteroatoms. The summed E-state index contributed by atoms with van der Waals surface area (Å²) in [5, 5.41) is 15.5. The number of piperidine rings is 1. The number of ether oxygens (including phenoxy) is 6. The van der Waals surface area contributed by atoms with Crippen molar-refractivity contribution in [1.29, 1.82) is 0 Å². The first-order valence-corrected chi connectivity index (χ1v) is 16.3. The quantitative estimate of drug-likeness (QED) is 0.134. The molecule has 9 nitrogen and oxygen atoms in total. The van der Waals surface area contributed by atoms with Gasteiger partial charge in [-0.25, -0.2) is 0 Å². The molecule has 1 aliphatic rings. The van der Waals surface area contributed by atoms with Crippen molar-refractivity contribution in [3.63, 3.8) is 0 Å². The Balaban J connectivity index is 1.15. The second kappa shape index (κ2) is 17.9. The van der Waals surface area contributed by atoms with Crippen LogP contribution in [0, 0.1) is 0 Å². The predicted molar refractivity (Wildman–Crippen MR) is 185 cm³/mol. The van der Waals surface area contributed by atoms with Crippen LogP contribution in [0.1, 0.15) is 24.0 Å². The minimum absolute atomic E-state index is 0.0561. The highest BCUT2D eigenvalue weighted by molar-refractivity contribution is 5.89. The van der Waals surface area contributed by atoms with Gasteiger partial charge in [0.25, 0.3) is 0 Å². The first kappa shape index (κ1) is 34.5. The molecule has 2 N–H and O–H groups in total. The number of likely N-dealkylation sites (N-methyl/N-ethyl adjacent to an activating group) is 1. The number of anilines is 1. The summed E-state index contributed by atoms with van der Waals surface area (Å²) in [6.07, 6.45) is 0.817. The highest BCUT2D eigenvalue weighted by Crippen LogP contribution is 2.30. The molecule has 1 saturated heterocycles. The molecule has 4 aromatic carbocycles. The van der Waals surface area contributed by atoms with Gasteiger partial charge in [-0.1, -0.05) is 42.5 Å². The van der Waals surface area contributed by atoms with E-state index in [2.05, 4.69) is 46.6 Å². The van der Waals surface area contributed by atoms with Crippen molar-refractivity contribution < 1.29 is 33.5 Å². The lowest BCUT2D eigenvalue weighted by atomic mass is 10.0. The van der Waals surface area contributed by atoms with Crippen molar-refractivity contribution in [2.45, 2.75) is 44.4 Å². The van der Waals surface area contributed by atoms with Gasteiger partial charge in [-0.3, -0.25) is 0 Å². The molecule has 47 heavy (non-hydrogen) atoms. The lowest BCUT2D eigenvalue weighted by Crippen LogP contribution is -2.48. The van der Waals surface area contributed by atoms with E-state index in [1.54, 1.807) is 14.2 Å². The molecule has 252 valence electrons. The fraction of sp³-hybridized carbons (Fsp3) is 0.421. The van der Waals surface area contributed by atoms with Gasteiger partial charge in [0.05, 0.1) is 65.6 Å². The zero-order valence-electron chi connectivity index (χ0n) is 27.7. The lowest BCUT2D eigenvalue weighted by molar-refractivity contribution is -0.0544. The van der Waals surface area contributed by atoms with E-state index in [4.69, 9.17) is 28.4 Å². The van der Waals surface area contributed by atoms with E-state index in [1.807, 2.05) is 55.6 Å². The van der Waals surface area contributed by atoms with Crippen LogP contribution in [0.4, 0.5) is 5.69 Å². The second-order valence-corrected chi connectivity index (χ2v) is 11.8. The number of nitrogens with zero attached hydrogens (tertiary/aromatic N) is 1. The number of rotatable bonds is 18. The van der Waals surface area contributed by atoms with Crippen molar-refractivity contribution in [1.82, 2.24) is 5.32 Å². The molecule has 0 spiro atoms. The van der Waals surface area contributed by atoms with Gasteiger partial charge >= 0.3 is 0 Å². The molecule has 0 bridgehead atoms. The summed E-state index contributed by atoms with van der Waals surface area (Å²) < 4.78 is 35.6. The summed E-state index contributed by atoms with van der Waals surface area (Å²) in [5.41, 5.74) is 3.17. The van der Waals surface area contributed by atoms with Gasteiger partial charge in [0.15, 0.2) is 0 Å². The normalized spacial score (nSPS) is 17.1. The van der Waals surface area contributed by atoms with Gasteiger partial charge in [-0.2, -0.15) is 0 Å². The topological polar surface area (TPSA) is 90.9 Å². The van der Waals surface area contributed by atoms with Gasteiger partial charge in [-0.05, 0) is 60.5 Å². The molecule has 0 radical (unpaired) electrons. The molecule has 3 atom stereocenters. The zero-order chi connectivity index (χ0) is 32.8. The molecule has 1 fully saturated rings. The summed E-state index contributed by atoms with van der Waals surface area (Å²) in [5.74, 6) is 2.50. The Morgan fingerprint density at radius 2 is 1.57 bits per heavy atom. The van der Waals surface area contributed by atoms with Crippen molar-refractivity contribution in [2.75, 3.05) is 65.6 Å². The van der Waals surface area contributed by atoms with Crippen molar-refractivity contribution in [2.24, 2.45) is 0 Å². The van der Waals surface area contributed by atoms with E-state index in [9.17, 15) is 5.11 Å². The molecule has 4 aromatic rings. The van der Waals surface area contributed by atoms with E-state index in [0.717, 1.165) is 64.2 Å². The SMILES string of the molecule is CNCC(O)CO[C@H]1C[C@@H](OCc2cc(OC)c3ccccc3c2)CN(c2ccc(OCCCOCc3ccccc3OC)cc2)C1. The fourth-order valence-corrected chi connectivity index (χ4v) is 5.91. The van der Waals surface area contributed by atoms with E-state index < -0.39 is 6.10 Å². The molecule has 0 amide bonds. The summed E-state index contributed by atoms with van der Waals surface area (Å²) >= 11 is 0.